The summed E-state index contributed by atoms with van der Waals surface area (Å²) in [6.07, 6.45) is 0. The molecule has 150 valence electrons. The molecule has 0 radical (unpaired) electrons. The maximum Gasteiger partial charge on any atom is 0.323 e. The van der Waals surface area contributed by atoms with E-state index in [9.17, 15) is 22.7 Å². The third-order valence-corrected chi connectivity index (χ3v) is 7.55. The molecule has 0 unspecified atom stereocenters. The summed E-state index contributed by atoms with van der Waals surface area (Å²) in [6, 6.07) is 10.6. The first-order valence-electron chi connectivity index (χ1n) is 8.62. The van der Waals surface area contributed by atoms with E-state index in [4.69, 9.17) is 4.74 Å². The van der Waals surface area contributed by atoms with Crippen LogP contribution in [0.15, 0.2) is 53.4 Å². The molecule has 1 fully saturated rings. The molecule has 28 heavy (non-hydrogen) atoms. The molecule has 6 nitrogen and oxygen atoms in total. The lowest BCUT2D eigenvalue weighted by atomic mass is 10.2. The van der Waals surface area contributed by atoms with E-state index in [1.807, 2.05) is 0 Å². The molecule has 2 aromatic carbocycles. The molecule has 0 amide bonds. The van der Waals surface area contributed by atoms with E-state index >= 15 is 0 Å². The number of aliphatic carboxylic acids is 1. The normalized spacial score (nSPS) is 20.6. The van der Waals surface area contributed by atoms with Crippen molar-refractivity contribution in [1.82, 2.24) is 4.31 Å². The van der Waals surface area contributed by atoms with Gasteiger partial charge in [0, 0.05) is 17.5 Å². The van der Waals surface area contributed by atoms with Crippen LogP contribution in [0.4, 0.5) is 4.39 Å². The van der Waals surface area contributed by atoms with Gasteiger partial charge in [-0.05, 0) is 42.0 Å². The average Bonchev–Trinajstić information content (AvgIpc) is 2.67. The van der Waals surface area contributed by atoms with E-state index in [0.29, 0.717) is 11.5 Å². The van der Waals surface area contributed by atoms with Gasteiger partial charge in [-0.15, -0.1) is 0 Å². The van der Waals surface area contributed by atoms with Gasteiger partial charge in [0.25, 0.3) is 0 Å². The highest BCUT2D eigenvalue weighted by Crippen LogP contribution is 2.30. The predicted octanol–water partition coefficient (Wildman–Crippen LogP) is 2.98. The van der Waals surface area contributed by atoms with Crippen molar-refractivity contribution in [3.05, 3.63) is 59.9 Å². The van der Waals surface area contributed by atoms with Gasteiger partial charge in [0.1, 0.15) is 24.2 Å². The molecule has 2 aromatic rings. The molecule has 1 aliphatic heterocycles. The number of rotatable bonds is 6. The van der Waals surface area contributed by atoms with Crippen molar-refractivity contribution < 1.29 is 27.4 Å². The van der Waals surface area contributed by atoms with E-state index in [2.05, 4.69) is 0 Å². The van der Waals surface area contributed by atoms with Gasteiger partial charge in [-0.1, -0.05) is 19.1 Å². The van der Waals surface area contributed by atoms with Crippen LogP contribution in [0, 0.1) is 5.82 Å². The lowest BCUT2D eigenvalue weighted by Gasteiger charge is -2.35. The highest BCUT2D eigenvalue weighted by Gasteiger charge is 2.42. The Morgan fingerprint density at radius 1 is 1.21 bits per heavy atom. The number of thioether (sulfide) groups is 1. The van der Waals surface area contributed by atoms with Crippen LogP contribution in [0.5, 0.6) is 5.75 Å². The molecule has 9 heteroatoms. The Morgan fingerprint density at radius 2 is 1.86 bits per heavy atom. The largest absolute Gasteiger partial charge is 0.489 e. The molecular formula is C19H20FNO5S2. The first-order chi connectivity index (χ1) is 13.3. The van der Waals surface area contributed by atoms with Crippen LogP contribution in [0.3, 0.4) is 0 Å². The minimum absolute atomic E-state index is 0.0204. The van der Waals surface area contributed by atoms with Crippen LogP contribution >= 0.6 is 11.8 Å². The van der Waals surface area contributed by atoms with Gasteiger partial charge in [-0.25, -0.2) is 12.8 Å². The van der Waals surface area contributed by atoms with Crippen molar-refractivity contribution in [3.63, 3.8) is 0 Å². The third-order valence-electron chi connectivity index (χ3n) is 4.45. The van der Waals surface area contributed by atoms with Crippen molar-refractivity contribution in [1.29, 1.82) is 0 Å². The standard InChI is InChI=1S/C19H20FNO5S2/c1-13-18(19(22)23)21(10-11-27-13)28(24,25)17-8-6-16(7-9-17)26-12-14-2-4-15(20)5-3-14/h2-9,13,18H,10-12H2,1H3,(H,22,23)/t13-,18+/m0/s1. The SMILES string of the molecule is C[C@@H]1SCCN(S(=O)(=O)c2ccc(OCc3ccc(F)cc3)cc2)[C@H]1C(=O)O. The fourth-order valence-electron chi connectivity index (χ4n) is 2.98. The maximum atomic E-state index is 12.9. The second-order valence-electron chi connectivity index (χ2n) is 6.36. The number of nitrogens with zero attached hydrogens (tertiary/aromatic N) is 1. The molecule has 1 saturated heterocycles. The molecule has 2 atom stereocenters. The summed E-state index contributed by atoms with van der Waals surface area (Å²) in [4.78, 5) is 11.6. The fraction of sp³-hybridized carbons (Fsp3) is 0.316. The van der Waals surface area contributed by atoms with Gasteiger partial charge in [0.2, 0.25) is 10.0 Å². The van der Waals surface area contributed by atoms with Crippen molar-refractivity contribution in [2.75, 3.05) is 12.3 Å². The van der Waals surface area contributed by atoms with E-state index in [1.165, 1.54) is 48.2 Å². The summed E-state index contributed by atoms with van der Waals surface area (Å²) in [7, 11) is -3.94. The van der Waals surface area contributed by atoms with Crippen LogP contribution in [0.1, 0.15) is 12.5 Å². The Balaban J connectivity index is 1.74. The molecule has 1 aliphatic rings. The first-order valence-corrected chi connectivity index (χ1v) is 11.1. The first kappa shape index (κ1) is 20.6. The molecule has 0 spiro atoms. The molecule has 0 saturated carbocycles. The third kappa shape index (κ3) is 4.48. The number of hydrogen-bond donors (Lipinski definition) is 1. The van der Waals surface area contributed by atoms with Crippen molar-refractivity contribution in [2.45, 2.75) is 29.7 Å². The minimum atomic E-state index is -3.94. The van der Waals surface area contributed by atoms with Gasteiger partial charge < -0.3 is 9.84 Å². The zero-order valence-corrected chi connectivity index (χ0v) is 16.7. The summed E-state index contributed by atoms with van der Waals surface area (Å²) in [5.74, 6) is -0.477. The molecule has 0 aromatic heterocycles. The van der Waals surface area contributed by atoms with Crippen LogP contribution in [-0.2, 0) is 21.4 Å². The quantitative estimate of drug-likeness (QED) is 0.766. The number of halogens is 1. The van der Waals surface area contributed by atoms with Crippen molar-refractivity contribution in [2.24, 2.45) is 0 Å². The highest BCUT2D eigenvalue weighted by molar-refractivity contribution is 8.00. The molecule has 0 aliphatic carbocycles. The lowest BCUT2D eigenvalue weighted by molar-refractivity contribution is -0.141. The van der Waals surface area contributed by atoms with E-state index < -0.39 is 22.0 Å². The number of benzene rings is 2. The molecular weight excluding hydrogens is 405 g/mol. The predicted molar refractivity (Wildman–Crippen MR) is 104 cm³/mol. The van der Waals surface area contributed by atoms with Gasteiger partial charge in [0.05, 0.1) is 4.90 Å². The monoisotopic (exact) mass is 425 g/mol. The summed E-state index contributed by atoms with van der Waals surface area (Å²) >= 11 is 1.45. The maximum absolute atomic E-state index is 12.9. The number of carboxylic acid groups (broad SMARTS) is 1. The number of carboxylic acids is 1. The van der Waals surface area contributed by atoms with Gasteiger partial charge >= 0.3 is 5.97 Å². The van der Waals surface area contributed by atoms with E-state index in [-0.39, 0.29) is 29.1 Å². The van der Waals surface area contributed by atoms with Crippen LogP contribution in [0.2, 0.25) is 0 Å². The Kier molecular flexibility index (Phi) is 6.26. The zero-order chi connectivity index (χ0) is 20.3. The number of sulfonamides is 1. The topological polar surface area (TPSA) is 83.9 Å². The molecule has 3 rings (SSSR count). The fourth-order valence-corrected chi connectivity index (χ4v) is 5.94. The summed E-state index contributed by atoms with van der Waals surface area (Å²) in [5.41, 5.74) is 0.780. The lowest BCUT2D eigenvalue weighted by Crippen LogP contribution is -2.53. The molecule has 1 heterocycles. The van der Waals surface area contributed by atoms with Crippen LogP contribution in [0.25, 0.3) is 0 Å². The van der Waals surface area contributed by atoms with Crippen LogP contribution in [-0.4, -0.2) is 47.4 Å². The summed E-state index contributed by atoms with van der Waals surface area (Å²) in [6.45, 7) is 2.09. The van der Waals surface area contributed by atoms with Crippen molar-refractivity contribution >= 4 is 27.8 Å². The van der Waals surface area contributed by atoms with Gasteiger partial charge in [-0.2, -0.15) is 16.1 Å². The summed E-state index contributed by atoms with van der Waals surface area (Å²) < 4.78 is 45.5. The molecule has 1 N–H and O–H groups in total. The molecule has 0 bridgehead atoms. The Hall–Kier alpha value is -2.10. The Labute approximate surface area is 167 Å². The minimum Gasteiger partial charge on any atom is -0.489 e. The van der Waals surface area contributed by atoms with E-state index in [0.717, 1.165) is 9.87 Å². The Morgan fingerprint density at radius 3 is 2.46 bits per heavy atom. The smallest absolute Gasteiger partial charge is 0.323 e. The highest BCUT2D eigenvalue weighted by atomic mass is 32.2. The van der Waals surface area contributed by atoms with E-state index in [1.54, 1.807) is 19.1 Å². The average molecular weight is 426 g/mol. The second-order valence-corrected chi connectivity index (χ2v) is 9.74. The number of hydrogen-bond acceptors (Lipinski definition) is 5. The van der Waals surface area contributed by atoms with Gasteiger partial charge in [0.15, 0.2) is 0 Å². The number of carbonyl (C=O) groups is 1. The second kappa shape index (κ2) is 8.50. The summed E-state index contributed by atoms with van der Waals surface area (Å²) in [5, 5.41) is 9.13. The van der Waals surface area contributed by atoms with Gasteiger partial charge in [-0.3, -0.25) is 4.79 Å². The van der Waals surface area contributed by atoms with Crippen molar-refractivity contribution in [3.8, 4) is 5.75 Å². The van der Waals surface area contributed by atoms with Crippen LogP contribution < -0.4 is 4.74 Å². The zero-order valence-electron chi connectivity index (χ0n) is 15.1. The number of ether oxygens (including phenoxy) is 1. The Bertz CT molecular complexity index is 932.